The van der Waals surface area contributed by atoms with Gasteiger partial charge in [0.1, 0.15) is 5.03 Å². The van der Waals surface area contributed by atoms with Crippen molar-refractivity contribution in [3.63, 3.8) is 0 Å². The third-order valence-corrected chi connectivity index (χ3v) is 11.3. The molecule has 13 nitrogen and oxygen atoms in total. The first-order chi connectivity index (χ1) is 28.2. The molecule has 0 unspecified atom stereocenters. The lowest BCUT2D eigenvalue weighted by Crippen LogP contribution is -2.29. The second-order valence-corrected chi connectivity index (χ2v) is 15.5. The number of anilines is 2. The predicted octanol–water partition coefficient (Wildman–Crippen LogP) is 7.32. The van der Waals surface area contributed by atoms with E-state index < -0.39 is 11.8 Å². The molecule has 0 aliphatic heterocycles. The van der Waals surface area contributed by atoms with E-state index in [0.717, 1.165) is 78.5 Å². The van der Waals surface area contributed by atoms with E-state index in [1.165, 1.54) is 0 Å². The summed E-state index contributed by atoms with van der Waals surface area (Å²) in [7, 11) is 0. The van der Waals surface area contributed by atoms with Gasteiger partial charge in [-0.15, -0.1) is 0 Å². The number of hydrogen-bond acceptors (Lipinski definition) is 10. The van der Waals surface area contributed by atoms with Crippen LogP contribution in [0.2, 0.25) is 0 Å². The van der Waals surface area contributed by atoms with Crippen LogP contribution in [0.5, 0.6) is 11.8 Å². The second kappa shape index (κ2) is 18.9. The number of benzene rings is 2. The first-order valence-electron chi connectivity index (χ1n) is 19.5. The fourth-order valence-corrected chi connectivity index (χ4v) is 8.15. The zero-order chi connectivity index (χ0) is 40.4. The average Bonchev–Trinajstić information content (AvgIpc) is 3.90. The summed E-state index contributed by atoms with van der Waals surface area (Å²) in [4.78, 5) is 32.4. The monoisotopic (exact) mass is 800 g/mol. The Labute approximate surface area is 341 Å². The number of nitrogens with one attached hydrogen (secondary N) is 2. The number of aliphatic hydroxyl groups is 2. The van der Waals surface area contributed by atoms with Crippen LogP contribution in [0.1, 0.15) is 72.1 Å². The summed E-state index contributed by atoms with van der Waals surface area (Å²) in [5, 5.41) is 28.3. The largest absolute Gasteiger partial charge is 0.422 e. The molecule has 2 aliphatic rings. The van der Waals surface area contributed by atoms with Crippen LogP contribution in [0.25, 0.3) is 11.4 Å². The number of carbonyl (C=O) groups is 2. The van der Waals surface area contributed by atoms with Gasteiger partial charge >= 0.3 is 0 Å². The molecule has 4 heterocycles. The van der Waals surface area contributed by atoms with Crippen LogP contribution in [0, 0.1) is 0 Å². The molecule has 0 atom stereocenters. The Bertz CT molecular complexity index is 2120. The van der Waals surface area contributed by atoms with Crippen LogP contribution >= 0.6 is 11.8 Å². The third kappa shape index (κ3) is 10.3. The normalized spacial score (nSPS) is 19.0. The zero-order valence-electron chi connectivity index (χ0n) is 32.0. The first-order valence-corrected chi connectivity index (χ1v) is 20.3. The lowest BCUT2D eigenvalue weighted by atomic mass is 9.92. The molecule has 2 saturated carbocycles. The molecular formula is C44H48N8O5S. The molecule has 2 fully saturated rings. The summed E-state index contributed by atoms with van der Waals surface area (Å²) < 4.78 is 9.85. The van der Waals surface area contributed by atoms with E-state index in [1.54, 1.807) is 42.4 Å². The number of aromatic nitrogens is 4. The molecule has 14 heteroatoms. The lowest BCUT2D eigenvalue weighted by Gasteiger charge is -2.28. The minimum Gasteiger partial charge on any atom is -0.422 e. The van der Waals surface area contributed by atoms with Gasteiger partial charge in [0.2, 0.25) is 11.8 Å². The van der Waals surface area contributed by atoms with Gasteiger partial charge in [-0.1, -0.05) is 23.9 Å². The molecule has 0 saturated heterocycles. The molecule has 0 radical (unpaired) electrons. The van der Waals surface area contributed by atoms with E-state index in [9.17, 15) is 19.8 Å². The topological polar surface area (TPSA) is 196 Å². The summed E-state index contributed by atoms with van der Waals surface area (Å²) in [6.45, 7) is 0. The molecular weight excluding hydrogens is 753 g/mol. The summed E-state index contributed by atoms with van der Waals surface area (Å²) in [6.07, 6.45) is 13.4. The fraction of sp³-hybridized carbons (Fsp3) is 0.273. The number of pyridine rings is 2. The van der Waals surface area contributed by atoms with E-state index in [0.29, 0.717) is 28.6 Å². The molecule has 58 heavy (non-hydrogen) atoms. The van der Waals surface area contributed by atoms with Crippen molar-refractivity contribution < 1.29 is 24.5 Å². The number of amides is 2. The number of carbonyl (C=O) groups excluding carboxylic acids is 2. The predicted molar refractivity (Wildman–Crippen MR) is 225 cm³/mol. The number of rotatable bonds is 12. The van der Waals surface area contributed by atoms with Crippen LogP contribution < -0.4 is 26.8 Å². The molecule has 6 aromatic rings. The summed E-state index contributed by atoms with van der Waals surface area (Å²) in [5.41, 5.74) is 15.3. The van der Waals surface area contributed by atoms with E-state index in [2.05, 4.69) is 25.2 Å². The van der Waals surface area contributed by atoms with E-state index in [1.807, 2.05) is 95.8 Å². The average molecular weight is 801 g/mol. The second-order valence-electron chi connectivity index (χ2n) is 14.5. The van der Waals surface area contributed by atoms with Crippen LogP contribution in [-0.4, -0.2) is 65.4 Å². The quantitative estimate of drug-likeness (QED) is 0.0730. The van der Waals surface area contributed by atoms with Crippen molar-refractivity contribution in [1.29, 1.82) is 0 Å². The third-order valence-electron chi connectivity index (χ3n) is 10.3. The van der Waals surface area contributed by atoms with Gasteiger partial charge in [0.15, 0.2) is 0 Å². The lowest BCUT2D eigenvalue weighted by molar-refractivity contribution is 0.0992. The van der Waals surface area contributed by atoms with Gasteiger partial charge in [0.25, 0.3) is 11.8 Å². The number of ether oxygens (including phenoxy) is 1. The molecule has 2 aliphatic carbocycles. The van der Waals surface area contributed by atoms with Gasteiger partial charge in [-0.05, 0) is 124 Å². The highest BCUT2D eigenvalue weighted by molar-refractivity contribution is 7.99. The number of nitrogens with two attached hydrogens (primary N) is 2. The Morgan fingerprint density at radius 2 is 1.17 bits per heavy atom. The zero-order valence-corrected chi connectivity index (χ0v) is 32.8. The molecule has 0 bridgehead atoms. The molecule has 8 N–H and O–H groups in total. The maximum atomic E-state index is 11.9. The van der Waals surface area contributed by atoms with Crippen molar-refractivity contribution in [1.82, 2.24) is 19.1 Å². The van der Waals surface area contributed by atoms with Gasteiger partial charge in [-0.2, -0.15) is 0 Å². The van der Waals surface area contributed by atoms with Gasteiger partial charge in [0, 0.05) is 66.1 Å². The van der Waals surface area contributed by atoms with Crippen LogP contribution in [0.4, 0.5) is 11.4 Å². The minimum absolute atomic E-state index is 0.195. The highest BCUT2D eigenvalue weighted by Crippen LogP contribution is 2.32. The Morgan fingerprint density at radius 1 is 0.638 bits per heavy atom. The maximum absolute atomic E-state index is 11.9. The molecule has 0 spiro atoms. The van der Waals surface area contributed by atoms with Gasteiger partial charge in [-0.25, -0.2) is 9.97 Å². The highest BCUT2D eigenvalue weighted by atomic mass is 32.2. The van der Waals surface area contributed by atoms with E-state index >= 15 is 0 Å². The van der Waals surface area contributed by atoms with Crippen LogP contribution in [0.3, 0.4) is 0 Å². The summed E-state index contributed by atoms with van der Waals surface area (Å²) in [6, 6.07) is 30.6. The first kappa shape index (κ1) is 40.1. The molecule has 300 valence electrons. The van der Waals surface area contributed by atoms with Gasteiger partial charge < -0.3 is 41.6 Å². The molecule has 2 aromatic carbocycles. The molecule has 8 rings (SSSR count). The Balaban J connectivity index is 0.000000177. The summed E-state index contributed by atoms with van der Waals surface area (Å²) in [5.74, 6) is 0.181. The Morgan fingerprint density at radius 3 is 1.71 bits per heavy atom. The van der Waals surface area contributed by atoms with Crippen LogP contribution in [0.15, 0.2) is 132 Å². The van der Waals surface area contributed by atoms with Crippen molar-refractivity contribution >= 4 is 35.0 Å². The number of primary amides is 2. The molecule has 4 aromatic heterocycles. The Hall–Kier alpha value is -6.09. The van der Waals surface area contributed by atoms with Crippen molar-refractivity contribution in [2.45, 2.75) is 85.7 Å². The van der Waals surface area contributed by atoms with Crippen LogP contribution in [-0.2, 0) is 0 Å². The van der Waals surface area contributed by atoms with E-state index in [4.69, 9.17) is 16.2 Å². The summed E-state index contributed by atoms with van der Waals surface area (Å²) >= 11 is 1.58. The standard InChI is InChI=1S/C22H24N4O3.C22H24N4O2S/c2*23-22(28)18-11-8-16(14-19(18)25-15-6-9-17(27)10-7-15)26-13-3-5-21(26)29-20-4-1-2-12-24-20/h2*1-5,8,11-15,17,25,27H,6-7,9-10H2,(H2,23,28). The number of nitrogens with zero attached hydrogens (tertiary/aromatic N) is 4. The number of hydrogen-bond donors (Lipinski definition) is 6. The van der Waals surface area contributed by atoms with Crippen molar-refractivity contribution in [2.24, 2.45) is 11.5 Å². The Kier molecular flexibility index (Phi) is 13.1. The smallest absolute Gasteiger partial charge is 0.250 e. The van der Waals surface area contributed by atoms with Gasteiger partial charge in [-0.3, -0.25) is 14.2 Å². The SMILES string of the molecule is NC(=O)c1ccc(-n2cccc2Oc2ccccn2)cc1NC1CCC(O)CC1.NC(=O)c1ccc(-n2cccc2Sc2ccccn2)cc1NC1CCC(O)CC1. The highest BCUT2D eigenvalue weighted by Gasteiger charge is 2.23. The van der Waals surface area contributed by atoms with Crippen molar-refractivity contribution in [3.05, 3.63) is 133 Å². The minimum atomic E-state index is -0.479. The maximum Gasteiger partial charge on any atom is 0.250 e. The number of aliphatic hydroxyl groups excluding tert-OH is 2. The van der Waals surface area contributed by atoms with E-state index in [-0.39, 0.29) is 24.3 Å². The molecule has 2 amide bonds. The van der Waals surface area contributed by atoms with Gasteiger partial charge in [0.05, 0.1) is 34.0 Å². The van der Waals surface area contributed by atoms with Crippen molar-refractivity contribution in [3.8, 4) is 23.1 Å². The van der Waals surface area contributed by atoms with Crippen molar-refractivity contribution in [2.75, 3.05) is 10.6 Å². The fourth-order valence-electron chi connectivity index (χ4n) is 7.27.